The van der Waals surface area contributed by atoms with E-state index in [9.17, 15) is 28.8 Å². The van der Waals surface area contributed by atoms with Gasteiger partial charge in [0.15, 0.2) is 0 Å². The number of nitrogens with two attached hydrogens (primary N) is 1. The highest BCUT2D eigenvalue weighted by molar-refractivity contribution is 5.85. The lowest BCUT2D eigenvalue weighted by atomic mass is 9.96. The largest absolute Gasteiger partial charge is 0.508 e. The van der Waals surface area contributed by atoms with Crippen molar-refractivity contribution in [1.29, 1.82) is 10.5 Å². The molecule has 0 aliphatic heterocycles. The van der Waals surface area contributed by atoms with Crippen molar-refractivity contribution in [2.45, 2.75) is 12.7 Å². The number of aromatic hydroxyl groups is 1. The van der Waals surface area contributed by atoms with Gasteiger partial charge in [-0.3, -0.25) is 0 Å². The summed E-state index contributed by atoms with van der Waals surface area (Å²) in [7, 11) is 0. The third kappa shape index (κ3) is 4.10. The van der Waals surface area contributed by atoms with E-state index in [1.807, 2.05) is 12.1 Å². The molecule has 9 heteroatoms. The van der Waals surface area contributed by atoms with Crippen molar-refractivity contribution < 1.29 is 18.3 Å². The van der Waals surface area contributed by atoms with Gasteiger partial charge in [-0.25, -0.2) is 4.98 Å². The number of hydrogen-bond acceptors (Lipinski definition) is 6. The summed E-state index contributed by atoms with van der Waals surface area (Å²) in [6, 6.07) is 14.5. The Hall–Kier alpha value is -4.24. The van der Waals surface area contributed by atoms with Crippen LogP contribution in [0.5, 0.6) is 5.75 Å². The van der Waals surface area contributed by atoms with Gasteiger partial charge in [-0.15, -0.1) is 0 Å². The normalized spacial score (nSPS) is 10.8. The molecule has 2 aromatic carbocycles. The molecule has 3 rings (SSSR count). The zero-order valence-electron chi connectivity index (χ0n) is 15.3. The fourth-order valence-corrected chi connectivity index (χ4v) is 2.95. The number of aromatic nitrogens is 1. The Balaban J connectivity index is 2.05. The molecule has 4 N–H and O–H groups in total. The van der Waals surface area contributed by atoms with Crippen molar-refractivity contribution in [2.24, 2.45) is 0 Å². The zero-order chi connectivity index (χ0) is 21.9. The van der Waals surface area contributed by atoms with Gasteiger partial charge in [-0.1, -0.05) is 24.3 Å². The van der Waals surface area contributed by atoms with E-state index >= 15 is 0 Å². The van der Waals surface area contributed by atoms with Gasteiger partial charge in [-0.05, 0) is 35.4 Å². The molecule has 0 aliphatic rings. The third-order valence-electron chi connectivity index (χ3n) is 4.30. The topological polar surface area (TPSA) is 119 Å². The van der Waals surface area contributed by atoms with Gasteiger partial charge >= 0.3 is 6.18 Å². The summed E-state index contributed by atoms with van der Waals surface area (Å²) < 4.78 is 38.7. The first-order chi connectivity index (χ1) is 14.2. The number of phenolic OH excluding ortho intramolecular Hbond substituents is 1. The van der Waals surface area contributed by atoms with Crippen LogP contribution in [0, 0.1) is 22.7 Å². The lowest BCUT2D eigenvalue weighted by Crippen LogP contribution is -2.10. The summed E-state index contributed by atoms with van der Waals surface area (Å²) in [5.41, 5.74) is 5.90. The fourth-order valence-electron chi connectivity index (χ4n) is 2.95. The summed E-state index contributed by atoms with van der Waals surface area (Å²) in [6.07, 6.45) is -4.48. The molecule has 0 saturated carbocycles. The van der Waals surface area contributed by atoms with Crippen LogP contribution in [-0.4, -0.2) is 10.1 Å². The first kappa shape index (κ1) is 20.5. The highest BCUT2D eigenvalue weighted by atomic mass is 19.4. The van der Waals surface area contributed by atoms with E-state index in [1.54, 1.807) is 12.1 Å². The number of nitrogen functional groups attached to an aromatic ring is 1. The van der Waals surface area contributed by atoms with Crippen molar-refractivity contribution in [3.05, 3.63) is 70.8 Å². The second-order valence-corrected chi connectivity index (χ2v) is 6.30. The monoisotopic (exact) mass is 409 g/mol. The van der Waals surface area contributed by atoms with E-state index in [4.69, 9.17) is 5.73 Å². The summed E-state index contributed by atoms with van der Waals surface area (Å²) >= 11 is 0. The van der Waals surface area contributed by atoms with Crippen LogP contribution >= 0.6 is 0 Å². The number of rotatable bonds is 4. The molecule has 6 nitrogen and oxygen atoms in total. The second-order valence-electron chi connectivity index (χ2n) is 6.30. The van der Waals surface area contributed by atoms with Crippen LogP contribution in [0.3, 0.4) is 0 Å². The fraction of sp³-hybridized carbons (Fsp3) is 0.0952. The minimum absolute atomic E-state index is 0.0154. The Morgan fingerprint density at radius 1 is 1.03 bits per heavy atom. The summed E-state index contributed by atoms with van der Waals surface area (Å²) in [5.74, 6) is -0.208. The number of nitriles is 2. The smallest absolute Gasteiger partial charge is 0.416 e. The van der Waals surface area contributed by atoms with Gasteiger partial charge in [0.2, 0.25) is 0 Å². The minimum Gasteiger partial charge on any atom is -0.508 e. The molecule has 0 spiro atoms. The lowest BCUT2D eigenvalue weighted by molar-refractivity contribution is -0.137. The Morgan fingerprint density at radius 2 is 1.73 bits per heavy atom. The number of pyridine rings is 1. The van der Waals surface area contributed by atoms with Gasteiger partial charge in [-0.2, -0.15) is 23.7 Å². The standard InChI is InChI=1S/C21H14F3N5O/c22-21(23,24)14-5-1-3-12(7-14)11-28-20-17(10-26)18(16(9-25)19(27)29-20)13-4-2-6-15(30)8-13/h1-8,30H,11H2,(H3,27,28,29). The number of hydrogen-bond donors (Lipinski definition) is 3. The maximum atomic E-state index is 12.9. The van der Waals surface area contributed by atoms with E-state index in [0.717, 1.165) is 12.1 Å². The highest BCUT2D eigenvalue weighted by Crippen LogP contribution is 2.35. The molecule has 0 amide bonds. The number of anilines is 2. The summed E-state index contributed by atoms with van der Waals surface area (Å²) in [6.45, 7) is -0.0591. The predicted molar refractivity (Wildman–Crippen MR) is 104 cm³/mol. The summed E-state index contributed by atoms with van der Waals surface area (Å²) in [4.78, 5) is 4.05. The predicted octanol–water partition coefficient (Wildman–Crippen LogP) is 4.41. The van der Waals surface area contributed by atoms with Gasteiger partial charge in [0.1, 0.15) is 40.7 Å². The van der Waals surface area contributed by atoms with Crippen molar-refractivity contribution in [2.75, 3.05) is 11.1 Å². The molecule has 0 radical (unpaired) electrons. The van der Waals surface area contributed by atoms with E-state index in [0.29, 0.717) is 11.1 Å². The van der Waals surface area contributed by atoms with Crippen LogP contribution < -0.4 is 11.1 Å². The zero-order valence-corrected chi connectivity index (χ0v) is 15.3. The molecule has 0 unspecified atom stereocenters. The van der Waals surface area contributed by atoms with Crippen LogP contribution in [0.4, 0.5) is 24.8 Å². The molecule has 3 aromatic rings. The van der Waals surface area contributed by atoms with Gasteiger partial charge in [0.25, 0.3) is 0 Å². The van der Waals surface area contributed by atoms with Crippen LogP contribution in [0.15, 0.2) is 48.5 Å². The molecule has 0 fully saturated rings. The number of alkyl halides is 3. The highest BCUT2D eigenvalue weighted by Gasteiger charge is 2.30. The average molecular weight is 409 g/mol. The first-order valence-corrected chi connectivity index (χ1v) is 8.57. The first-order valence-electron chi connectivity index (χ1n) is 8.57. The Morgan fingerprint density at radius 3 is 2.37 bits per heavy atom. The van der Waals surface area contributed by atoms with Gasteiger partial charge in [0, 0.05) is 12.1 Å². The Kier molecular flexibility index (Phi) is 5.48. The van der Waals surface area contributed by atoms with E-state index in [2.05, 4.69) is 10.3 Å². The van der Waals surface area contributed by atoms with E-state index in [1.165, 1.54) is 24.3 Å². The van der Waals surface area contributed by atoms with Crippen molar-refractivity contribution in [1.82, 2.24) is 4.98 Å². The van der Waals surface area contributed by atoms with Crippen LogP contribution in [0.1, 0.15) is 22.3 Å². The van der Waals surface area contributed by atoms with Crippen molar-refractivity contribution in [3.63, 3.8) is 0 Å². The third-order valence-corrected chi connectivity index (χ3v) is 4.30. The van der Waals surface area contributed by atoms with Crippen LogP contribution in [0.25, 0.3) is 11.1 Å². The molecule has 0 saturated heterocycles. The van der Waals surface area contributed by atoms with Crippen molar-refractivity contribution >= 4 is 11.6 Å². The quantitative estimate of drug-likeness (QED) is 0.587. The Labute approximate surface area is 169 Å². The van der Waals surface area contributed by atoms with Crippen LogP contribution in [0.2, 0.25) is 0 Å². The molecule has 150 valence electrons. The lowest BCUT2D eigenvalue weighted by Gasteiger charge is -2.15. The van der Waals surface area contributed by atoms with Crippen molar-refractivity contribution in [3.8, 4) is 29.0 Å². The SMILES string of the molecule is N#Cc1c(N)nc(NCc2cccc(C(F)(F)F)c2)c(C#N)c1-c1cccc(O)c1. The molecular weight excluding hydrogens is 395 g/mol. The van der Waals surface area contributed by atoms with Gasteiger partial charge < -0.3 is 16.2 Å². The minimum atomic E-state index is -4.48. The molecule has 0 atom stereocenters. The molecule has 0 bridgehead atoms. The molecule has 30 heavy (non-hydrogen) atoms. The second kappa shape index (κ2) is 8.02. The molecule has 1 heterocycles. The number of nitrogens with one attached hydrogen (secondary N) is 1. The number of benzene rings is 2. The Bertz CT molecular complexity index is 1190. The number of nitrogens with zero attached hydrogens (tertiary/aromatic N) is 3. The number of halogens is 3. The number of phenols is 1. The van der Waals surface area contributed by atoms with Gasteiger partial charge in [0.05, 0.1) is 5.56 Å². The van der Waals surface area contributed by atoms with E-state index < -0.39 is 11.7 Å². The average Bonchev–Trinajstić information content (AvgIpc) is 2.71. The molecule has 0 aliphatic carbocycles. The van der Waals surface area contributed by atoms with E-state index in [-0.39, 0.29) is 40.6 Å². The maximum absolute atomic E-state index is 12.9. The summed E-state index contributed by atoms with van der Waals surface area (Å²) in [5, 5.41) is 31.8. The van der Waals surface area contributed by atoms with Crippen LogP contribution in [-0.2, 0) is 12.7 Å². The molecule has 1 aromatic heterocycles. The maximum Gasteiger partial charge on any atom is 0.416 e. The molecular formula is C21H14F3N5O.